The van der Waals surface area contributed by atoms with Crippen LogP contribution in [0.1, 0.15) is 22.3 Å². The van der Waals surface area contributed by atoms with Gasteiger partial charge < -0.3 is 24.1 Å². The summed E-state index contributed by atoms with van der Waals surface area (Å²) in [6.45, 7) is 1.77. The second-order valence-corrected chi connectivity index (χ2v) is 6.74. The van der Waals surface area contributed by atoms with Crippen molar-refractivity contribution < 1.29 is 29.0 Å². The number of methoxy groups -OCH3 is 4. The van der Waals surface area contributed by atoms with Crippen LogP contribution in [-0.4, -0.2) is 40.1 Å². The van der Waals surface area contributed by atoms with Crippen molar-refractivity contribution in [3.8, 4) is 28.7 Å². The van der Waals surface area contributed by atoms with Crippen molar-refractivity contribution in [3.05, 3.63) is 40.5 Å². The standard InChI is InChI=1S/C21H23NO5/c1-24-16-9-13-7-15-19-12(8-18(26-3)21(27-4)20(19)23)5-6-22(15)11-14(13)10-17(16)25-2/h7-10,23H,5-6,11H2,1-4H3/p+1. The highest BCUT2D eigenvalue weighted by Gasteiger charge is 2.35. The molecule has 0 fully saturated rings. The van der Waals surface area contributed by atoms with E-state index in [2.05, 4.69) is 6.08 Å². The molecule has 0 spiro atoms. The van der Waals surface area contributed by atoms with E-state index in [4.69, 9.17) is 18.9 Å². The molecule has 2 aliphatic rings. The van der Waals surface area contributed by atoms with Gasteiger partial charge in [0.2, 0.25) is 5.75 Å². The molecule has 6 heteroatoms. The molecule has 2 N–H and O–H groups in total. The molecule has 0 bridgehead atoms. The van der Waals surface area contributed by atoms with Crippen LogP contribution < -0.4 is 23.8 Å². The number of phenols is 1. The van der Waals surface area contributed by atoms with Gasteiger partial charge in [0.15, 0.2) is 23.0 Å². The van der Waals surface area contributed by atoms with Crippen LogP contribution in [0.5, 0.6) is 28.7 Å². The maximum Gasteiger partial charge on any atom is 0.203 e. The quantitative estimate of drug-likeness (QED) is 0.861. The molecule has 0 aromatic heterocycles. The number of ether oxygens (including phenoxy) is 4. The first-order valence-electron chi connectivity index (χ1n) is 8.90. The first kappa shape index (κ1) is 17.5. The minimum atomic E-state index is 0.138. The fraction of sp³-hybridized carbons (Fsp3) is 0.333. The third-order valence-electron chi connectivity index (χ3n) is 5.42. The van der Waals surface area contributed by atoms with Gasteiger partial charge in [-0.05, 0) is 29.3 Å². The SMILES string of the molecule is COc1cc2c(cc1OC)C[NH+]1CCc3cc(OC)c(OC)c(O)c3C1=C2. The van der Waals surface area contributed by atoms with Crippen molar-refractivity contribution >= 4 is 11.8 Å². The Morgan fingerprint density at radius 2 is 1.52 bits per heavy atom. The lowest BCUT2D eigenvalue weighted by Crippen LogP contribution is -3.09. The van der Waals surface area contributed by atoms with Gasteiger partial charge in [-0.2, -0.15) is 0 Å². The molecule has 0 saturated heterocycles. The van der Waals surface area contributed by atoms with E-state index in [9.17, 15) is 5.11 Å². The molecular formula is C21H24NO5+. The van der Waals surface area contributed by atoms with E-state index in [0.717, 1.165) is 47.6 Å². The summed E-state index contributed by atoms with van der Waals surface area (Å²) in [5.41, 5.74) is 5.26. The smallest absolute Gasteiger partial charge is 0.203 e. The van der Waals surface area contributed by atoms with Crippen LogP contribution in [0.3, 0.4) is 0 Å². The molecule has 2 aliphatic heterocycles. The van der Waals surface area contributed by atoms with Crippen molar-refractivity contribution in [2.75, 3.05) is 35.0 Å². The molecule has 0 radical (unpaired) electrons. The van der Waals surface area contributed by atoms with E-state index in [-0.39, 0.29) is 5.75 Å². The number of aromatic hydroxyl groups is 1. The topological polar surface area (TPSA) is 61.6 Å². The Labute approximate surface area is 158 Å². The maximum atomic E-state index is 10.9. The summed E-state index contributed by atoms with van der Waals surface area (Å²) in [5, 5.41) is 10.9. The van der Waals surface area contributed by atoms with Gasteiger partial charge >= 0.3 is 0 Å². The molecule has 2 heterocycles. The van der Waals surface area contributed by atoms with Crippen LogP contribution in [0, 0.1) is 0 Å². The summed E-state index contributed by atoms with van der Waals surface area (Å²) in [7, 11) is 6.41. The molecule has 2 aromatic rings. The van der Waals surface area contributed by atoms with Crippen molar-refractivity contribution in [2.24, 2.45) is 0 Å². The van der Waals surface area contributed by atoms with E-state index in [1.807, 2.05) is 18.2 Å². The molecule has 6 nitrogen and oxygen atoms in total. The Morgan fingerprint density at radius 3 is 2.19 bits per heavy atom. The Balaban J connectivity index is 1.90. The van der Waals surface area contributed by atoms with Crippen LogP contribution in [0.15, 0.2) is 18.2 Å². The lowest BCUT2D eigenvalue weighted by Gasteiger charge is -2.32. The molecule has 0 aliphatic carbocycles. The first-order chi connectivity index (χ1) is 13.1. The predicted molar refractivity (Wildman–Crippen MR) is 102 cm³/mol. The number of rotatable bonds is 4. The van der Waals surface area contributed by atoms with Crippen LogP contribution >= 0.6 is 0 Å². The van der Waals surface area contributed by atoms with Crippen LogP contribution in [0.25, 0.3) is 11.8 Å². The third-order valence-corrected chi connectivity index (χ3v) is 5.42. The van der Waals surface area contributed by atoms with Crippen molar-refractivity contribution in [2.45, 2.75) is 13.0 Å². The number of hydrogen-bond acceptors (Lipinski definition) is 5. The van der Waals surface area contributed by atoms with Gasteiger partial charge in [0.25, 0.3) is 0 Å². The maximum absolute atomic E-state index is 10.9. The summed E-state index contributed by atoms with van der Waals surface area (Å²) >= 11 is 0. The Kier molecular flexibility index (Phi) is 4.36. The Bertz CT molecular complexity index is 935. The van der Waals surface area contributed by atoms with Crippen molar-refractivity contribution in [1.82, 2.24) is 0 Å². The van der Waals surface area contributed by atoms with Crippen LogP contribution in [0.2, 0.25) is 0 Å². The largest absolute Gasteiger partial charge is 0.504 e. The number of benzene rings is 2. The van der Waals surface area contributed by atoms with Crippen molar-refractivity contribution in [1.29, 1.82) is 0 Å². The molecule has 142 valence electrons. The fourth-order valence-electron chi connectivity index (χ4n) is 4.09. The summed E-state index contributed by atoms with van der Waals surface area (Å²) in [6.07, 6.45) is 2.98. The lowest BCUT2D eigenvalue weighted by atomic mass is 9.89. The van der Waals surface area contributed by atoms with Gasteiger partial charge in [0, 0.05) is 18.1 Å². The molecule has 2 aromatic carbocycles. The van der Waals surface area contributed by atoms with Gasteiger partial charge in [-0.25, -0.2) is 0 Å². The highest BCUT2D eigenvalue weighted by atomic mass is 16.5. The highest BCUT2D eigenvalue weighted by Crippen LogP contribution is 2.45. The number of quaternary nitrogens is 1. The van der Waals surface area contributed by atoms with Crippen LogP contribution in [-0.2, 0) is 13.0 Å². The normalized spacial score (nSPS) is 17.2. The summed E-state index contributed by atoms with van der Waals surface area (Å²) < 4.78 is 21.7. The molecule has 0 amide bonds. The molecule has 0 saturated carbocycles. The predicted octanol–water partition coefficient (Wildman–Crippen LogP) is 1.88. The summed E-state index contributed by atoms with van der Waals surface area (Å²) in [4.78, 5) is 1.31. The van der Waals surface area contributed by atoms with Crippen LogP contribution in [0.4, 0.5) is 0 Å². The highest BCUT2D eigenvalue weighted by molar-refractivity contribution is 5.85. The fourth-order valence-corrected chi connectivity index (χ4v) is 4.09. The molecule has 1 unspecified atom stereocenters. The average Bonchev–Trinajstić information content (AvgIpc) is 2.70. The Morgan fingerprint density at radius 1 is 0.852 bits per heavy atom. The summed E-state index contributed by atoms with van der Waals surface area (Å²) in [5.74, 6) is 2.50. The number of phenolic OH excluding ortho intramolecular Hbond substituents is 1. The molecule has 27 heavy (non-hydrogen) atoms. The molecule has 1 atom stereocenters. The minimum absolute atomic E-state index is 0.138. The Hall–Kier alpha value is -2.86. The number of fused-ring (bicyclic) bond motifs is 4. The monoisotopic (exact) mass is 370 g/mol. The van der Waals surface area contributed by atoms with E-state index in [0.29, 0.717) is 17.2 Å². The first-order valence-corrected chi connectivity index (χ1v) is 8.90. The average molecular weight is 370 g/mol. The van der Waals surface area contributed by atoms with Gasteiger partial charge in [-0.3, -0.25) is 4.90 Å². The van der Waals surface area contributed by atoms with Gasteiger partial charge in [-0.1, -0.05) is 0 Å². The lowest BCUT2D eigenvalue weighted by molar-refractivity contribution is -0.841. The van der Waals surface area contributed by atoms with E-state index in [1.165, 1.54) is 10.5 Å². The summed E-state index contributed by atoms with van der Waals surface area (Å²) in [6, 6.07) is 6.00. The second kappa shape index (κ2) is 6.70. The molecular weight excluding hydrogens is 346 g/mol. The minimum Gasteiger partial charge on any atom is -0.504 e. The zero-order valence-electron chi connectivity index (χ0n) is 16.0. The zero-order valence-corrected chi connectivity index (χ0v) is 16.0. The third kappa shape index (κ3) is 2.68. The van der Waals surface area contributed by atoms with Crippen molar-refractivity contribution in [3.63, 3.8) is 0 Å². The van der Waals surface area contributed by atoms with Gasteiger partial charge in [0.1, 0.15) is 12.2 Å². The van der Waals surface area contributed by atoms with E-state index in [1.54, 1.807) is 28.4 Å². The van der Waals surface area contributed by atoms with Gasteiger partial charge in [0.05, 0.1) is 40.5 Å². The van der Waals surface area contributed by atoms with E-state index < -0.39 is 0 Å². The molecule has 4 rings (SSSR count). The van der Waals surface area contributed by atoms with Gasteiger partial charge in [-0.15, -0.1) is 0 Å². The number of hydrogen-bond donors (Lipinski definition) is 2. The van der Waals surface area contributed by atoms with E-state index >= 15 is 0 Å². The second-order valence-electron chi connectivity index (χ2n) is 6.74. The zero-order chi connectivity index (χ0) is 19.1. The number of nitrogens with one attached hydrogen (secondary N) is 1.